The van der Waals surface area contributed by atoms with Crippen molar-refractivity contribution in [3.05, 3.63) is 65.2 Å². The lowest BCUT2D eigenvalue weighted by atomic mass is 10.0. The summed E-state index contributed by atoms with van der Waals surface area (Å²) in [7, 11) is 0. The normalized spacial score (nSPS) is 20.6. The Kier molecular flexibility index (Phi) is 4.45. The van der Waals surface area contributed by atoms with Gasteiger partial charge < -0.3 is 10.1 Å². The highest BCUT2D eigenvalue weighted by Crippen LogP contribution is 2.38. The van der Waals surface area contributed by atoms with E-state index in [9.17, 15) is 13.2 Å². The van der Waals surface area contributed by atoms with E-state index in [0.29, 0.717) is 13.0 Å². The van der Waals surface area contributed by atoms with Gasteiger partial charge in [0.05, 0.1) is 23.2 Å². The van der Waals surface area contributed by atoms with E-state index in [4.69, 9.17) is 10.00 Å². The molecule has 1 aliphatic rings. The van der Waals surface area contributed by atoms with Gasteiger partial charge in [0.25, 0.3) is 0 Å². The minimum atomic E-state index is -4.49. The summed E-state index contributed by atoms with van der Waals surface area (Å²) in [6.45, 7) is 0.469. The van der Waals surface area contributed by atoms with Crippen LogP contribution in [0.2, 0.25) is 0 Å². The van der Waals surface area contributed by atoms with Crippen LogP contribution in [0.15, 0.2) is 48.5 Å². The Hall–Kier alpha value is -2.52. The van der Waals surface area contributed by atoms with Crippen LogP contribution >= 0.6 is 0 Å². The number of nitrogens with zero attached hydrogens (tertiary/aromatic N) is 1. The van der Waals surface area contributed by atoms with E-state index < -0.39 is 11.7 Å². The van der Waals surface area contributed by atoms with Crippen molar-refractivity contribution in [2.45, 2.75) is 24.7 Å². The quantitative estimate of drug-likeness (QED) is 0.899. The molecule has 2 unspecified atom stereocenters. The van der Waals surface area contributed by atoms with Crippen LogP contribution < -0.4 is 5.32 Å². The van der Waals surface area contributed by atoms with Gasteiger partial charge in [0.1, 0.15) is 6.10 Å². The summed E-state index contributed by atoms with van der Waals surface area (Å²) < 4.78 is 45.4. The van der Waals surface area contributed by atoms with Gasteiger partial charge in [-0.1, -0.05) is 30.3 Å². The van der Waals surface area contributed by atoms with Gasteiger partial charge >= 0.3 is 6.18 Å². The van der Waals surface area contributed by atoms with Crippen LogP contribution in [0.3, 0.4) is 0 Å². The standard InChI is InChI=1S/C18H15F3N2O/c19-18(20,21)14-7-6-12(11-22)10-16(14)23-15-8-9-24-17(15)13-4-2-1-3-5-13/h1-7,10,15,17,23H,8-9H2. The van der Waals surface area contributed by atoms with E-state index in [1.807, 2.05) is 36.4 Å². The molecule has 6 heteroatoms. The van der Waals surface area contributed by atoms with Gasteiger partial charge in [-0.15, -0.1) is 0 Å². The van der Waals surface area contributed by atoms with E-state index in [0.717, 1.165) is 11.6 Å². The van der Waals surface area contributed by atoms with Gasteiger partial charge in [0.15, 0.2) is 0 Å². The molecule has 0 amide bonds. The highest BCUT2D eigenvalue weighted by atomic mass is 19.4. The third-order valence-electron chi connectivity index (χ3n) is 4.01. The first kappa shape index (κ1) is 16.3. The first-order chi connectivity index (χ1) is 11.5. The summed E-state index contributed by atoms with van der Waals surface area (Å²) in [4.78, 5) is 0. The molecule has 1 N–H and O–H groups in total. The lowest BCUT2D eigenvalue weighted by Gasteiger charge is -2.23. The van der Waals surface area contributed by atoms with Crippen molar-refractivity contribution in [2.24, 2.45) is 0 Å². The second-order valence-corrected chi connectivity index (χ2v) is 5.61. The molecule has 0 radical (unpaired) electrons. The minimum absolute atomic E-state index is 0.0852. The fourth-order valence-electron chi connectivity index (χ4n) is 2.89. The summed E-state index contributed by atoms with van der Waals surface area (Å²) in [5, 5.41) is 11.9. The topological polar surface area (TPSA) is 45.0 Å². The molecular formula is C18H15F3N2O. The maximum absolute atomic E-state index is 13.2. The Balaban J connectivity index is 1.91. The summed E-state index contributed by atoms with van der Waals surface area (Å²) in [6.07, 6.45) is -4.22. The van der Waals surface area contributed by atoms with Gasteiger partial charge in [0.2, 0.25) is 0 Å². The van der Waals surface area contributed by atoms with Crippen LogP contribution in [0.4, 0.5) is 18.9 Å². The molecule has 1 heterocycles. The van der Waals surface area contributed by atoms with E-state index in [2.05, 4.69) is 5.32 Å². The molecule has 0 bridgehead atoms. The van der Waals surface area contributed by atoms with Crippen molar-refractivity contribution in [1.29, 1.82) is 5.26 Å². The van der Waals surface area contributed by atoms with E-state index >= 15 is 0 Å². The van der Waals surface area contributed by atoms with Crippen molar-refractivity contribution >= 4 is 5.69 Å². The van der Waals surface area contributed by atoms with Gasteiger partial charge in [-0.3, -0.25) is 0 Å². The molecule has 124 valence electrons. The summed E-state index contributed by atoms with van der Waals surface area (Å²) >= 11 is 0. The summed E-state index contributed by atoms with van der Waals surface area (Å²) in [6, 6.07) is 14.3. The molecule has 1 saturated heterocycles. The number of halogens is 3. The van der Waals surface area contributed by atoms with Crippen LogP contribution in [0.25, 0.3) is 0 Å². The molecule has 0 aromatic heterocycles. The molecule has 2 aromatic rings. The van der Waals surface area contributed by atoms with Crippen molar-refractivity contribution in [3.8, 4) is 6.07 Å². The van der Waals surface area contributed by atoms with Gasteiger partial charge in [-0.2, -0.15) is 18.4 Å². The second kappa shape index (κ2) is 6.54. The van der Waals surface area contributed by atoms with Crippen LogP contribution in [0.1, 0.15) is 29.2 Å². The van der Waals surface area contributed by atoms with Crippen LogP contribution in [-0.4, -0.2) is 12.6 Å². The molecule has 24 heavy (non-hydrogen) atoms. The zero-order valence-corrected chi connectivity index (χ0v) is 12.7. The summed E-state index contributed by atoms with van der Waals surface area (Å²) in [5.74, 6) is 0. The number of benzene rings is 2. The van der Waals surface area contributed by atoms with E-state index in [1.165, 1.54) is 12.1 Å². The number of hydrogen-bond donors (Lipinski definition) is 1. The SMILES string of the molecule is N#Cc1ccc(C(F)(F)F)c(NC2CCOC2c2ccccc2)c1. The number of anilines is 1. The fourth-order valence-corrected chi connectivity index (χ4v) is 2.89. The second-order valence-electron chi connectivity index (χ2n) is 5.61. The molecular weight excluding hydrogens is 317 g/mol. The average Bonchev–Trinajstić information content (AvgIpc) is 3.02. The summed E-state index contributed by atoms with van der Waals surface area (Å²) in [5.41, 5.74) is 0.233. The van der Waals surface area contributed by atoms with E-state index in [-0.39, 0.29) is 23.4 Å². The van der Waals surface area contributed by atoms with Crippen molar-refractivity contribution in [1.82, 2.24) is 0 Å². The Morgan fingerprint density at radius 1 is 1.12 bits per heavy atom. The Labute approximate surface area is 137 Å². The predicted octanol–water partition coefficient (Wildman–Crippen LogP) is 4.52. The van der Waals surface area contributed by atoms with E-state index in [1.54, 1.807) is 0 Å². The Bertz CT molecular complexity index is 753. The molecule has 1 aliphatic heterocycles. The molecule has 3 nitrogen and oxygen atoms in total. The number of ether oxygens (including phenoxy) is 1. The lowest BCUT2D eigenvalue weighted by Crippen LogP contribution is -2.25. The largest absolute Gasteiger partial charge is 0.418 e. The molecule has 0 aliphatic carbocycles. The van der Waals surface area contributed by atoms with Crippen molar-refractivity contribution < 1.29 is 17.9 Å². The number of nitriles is 1. The smallest absolute Gasteiger partial charge is 0.379 e. The lowest BCUT2D eigenvalue weighted by molar-refractivity contribution is -0.137. The van der Waals surface area contributed by atoms with Gasteiger partial charge in [-0.05, 0) is 30.2 Å². The number of rotatable bonds is 3. The van der Waals surface area contributed by atoms with Crippen molar-refractivity contribution in [3.63, 3.8) is 0 Å². The first-order valence-corrected chi connectivity index (χ1v) is 7.53. The van der Waals surface area contributed by atoms with Crippen LogP contribution in [-0.2, 0) is 10.9 Å². The zero-order chi connectivity index (χ0) is 17.2. The van der Waals surface area contributed by atoms with Crippen molar-refractivity contribution in [2.75, 3.05) is 11.9 Å². The first-order valence-electron chi connectivity index (χ1n) is 7.53. The average molecular weight is 332 g/mol. The van der Waals surface area contributed by atoms with Crippen LogP contribution in [0, 0.1) is 11.3 Å². The maximum Gasteiger partial charge on any atom is 0.418 e. The fraction of sp³-hybridized carbons (Fsp3) is 0.278. The molecule has 1 fully saturated rings. The molecule has 0 saturated carbocycles. The third-order valence-corrected chi connectivity index (χ3v) is 4.01. The van der Waals surface area contributed by atoms with Crippen LogP contribution in [0.5, 0.6) is 0 Å². The van der Waals surface area contributed by atoms with Gasteiger partial charge in [0, 0.05) is 12.3 Å². The monoisotopic (exact) mass is 332 g/mol. The highest BCUT2D eigenvalue weighted by Gasteiger charge is 2.36. The number of hydrogen-bond acceptors (Lipinski definition) is 3. The third kappa shape index (κ3) is 3.36. The zero-order valence-electron chi connectivity index (χ0n) is 12.7. The maximum atomic E-state index is 13.2. The van der Waals surface area contributed by atoms with Gasteiger partial charge in [-0.25, -0.2) is 0 Å². The molecule has 0 spiro atoms. The Morgan fingerprint density at radius 2 is 1.88 bits per heavy atom. The Morgan fingerprint density at radius 3 is 2.54 bits per heavy atom. The molecule has 3 rings (SSSR count). The number of alkyl halides is 3. The highest BCUT2D eigenvalue weighted by molar-refractivity contribution is 5.58. The molecule has 2 atom stereocenters. The molecule has 2 aromatic carbocycles. The predicted molar refractivity (Wildman–Crippen MR) is 83.3 cm³/mol. The number of nitrogens with one attached hydrogen (secondary N) is 1. The minimum Gasteiger partial charge on any atom is -0.379 e.